The molecule has 5 nitrogen and oxygen atoms in total. The molecule has 1 aromatic carbocycles. The third-order valence-electron chi connectivity index (χ3n) is 6.26. The zero-order valence-electron chi connectivity index (χ0n) is 14.6. The van der Waals surface area contributed by atoms with E-state index in [1.54, 1.807) is 7.11 Å². The number of rotatable bonds is 2. The third kappa shape index (κ3) is 2.05. The first-order valence-electron chi connectivity index (χ1n) is 8.81. The van der Waals surface area contributed by atoms with Crippen molar-refractivity contribution < 1.29 is 23.7 Å². The Bertz CT molecular complexity index is 873. The summed E-state index contributed by atoms with van der Waals surface area (Å²) < 4.78 is 23.1. The summed E-state index contributed by atoms with van der Waals surface area (Å²) in [6, 6.07) is 6.18. The van der Waals surface area contributed by atoms with E-state index in [1.807, 2.05) is 12.1 Å². The summed E-state index contributed by atoms with van der Waals surface area (Å²) in [5, 5.41) is 0. The van der Waals surface area contributed by atoms with Gasteiger partial charge in [0.2, 0.25) is 12.6 Å². The molecule has 2 aliphatic carbocycles. The maximum Gasteiger partial charge on any atom is 0.237 e. The van der Waals surface area contributed by atoms with Gasteiger partial charge >= 0.3 is 0 Å². The second kappa shape index (κ2) is 5.52. The summed E-state index contributed by atoms with van der Waals surface area (Å²) >= 11 is 3.47. The monoisotopic (exact) mass is 418 g/mol. The van der Waals surface area contributed by atoms with Gasteiger partial charge in [-0.3, -0.25) is 4.79 Å². The van der Waals surface area contributed by atoms with Crippen molar-refractivity contribution in [3.63, 3.8) is 0 Å². The molecule has 0 aromatic heterocycles. The highest BCUT2D eigenvalue weighted by Crippen LogP contribution is 2.62. The van der Waals surface area contributed by atoms with Crippen LogP contribution in [-0.2, 0) is 14.3 Å². The van der Waals surface area contributed by atoms with Crippen molar-refractivity contribution in [2.75, 3.05) is 13.9 Å². The van der Waals surface area contributed by atoms with Crippen molar-refractivity contribution in [2.24, 2.45) is 11.3 Å². The highest BCUT2D eigenvalue weighted by Gasteiger charge is 2.58. The summed E-state index contributed by atoms with van der Waals surface area (Å²) in [4.78, 5) is 12.5. The Labute approximate surface area is 160 Å². The minimum atomic E-state index is -0.317. The normalized spacial score (nSPS) is 34.3. The molecule has 0 amide bonds. The molecule has 1 aromatic rings. The van der Waals surface area contributed by atoms with Crippen LogP contribution in [0.15, 0.2) is 40.3 Å². The fourth-order valence-electron chi connectivity index (χ4n) is 4.90. The van der Waals surface area contributed by atoms with Gasteiger partial charge in [-0.15, -0.1) is 0 Å². The van der Waals surface area contributed by atoms with E-state index in [9.17, 15) is 4.79 Å². The highest BCUT2D eigenvalue weighted by atomic mass is 79.9. The number of hydrogen-bond acceptors (Lipinski definition) is 5. The van der Waals surface area contributed by atoms with Gasteiger partial charge in [-0.05, 0) is 58.0 Å². The number of allylic oxidation sites excluding steroid dienone is 2. The van der Waals surface area contributed by atoms with Gasteiger partial charge in [0.25, 0.3) is 0 Å². The van der Waals surface area contributed by atoms with E-state index in [1.165, 1.54) is 5.56 Å². The maximum absolute atomic E-state index is 12.5. The zero-order chi connectivity index (χ0) is 18.1. The standard InChI is InChI=1S/C20H19BrO5/c1-10-13(11-3-4-14-15(5-11)25-9-24-14)6-12-7-20(10)8-16(23-2)18(22)17(21)19(20)26-12/h3-5,8,10,12-13H,6-7,9H2,1-2H3/t10-,12+,13+,20-/m1/s1. The molecule has 5 rings (SSSR count). The van der Waals surface area contributed by atoms with Gasteiger partial charge in [0.05, 0.1) is 12.5 Å². The topological polar surface area (TPSA) is 54.0 Å². The van der Waals surface area contributed by atoms with Crippen LogP contribution in [0.25, 0.3) is 0 Å². The van der Waals surface area contributed by atoms with Crippen LogP contribution in [0, 0.1) is 11.3 Å². The number of fused-ring (bicyclic) bond motifs is 2. The zero-order valence-corrected chi connectivity index (χ0v) is 16.2. The van der Waals surface area contributed by atoms with Gasteiger partial charge in [-0.2, -0.15) is 0 Å². The second-order valence-electron chi connectivity index (χ2n) is 7.41. The number of ketones is 1. The molecule has 2 bridgehead atoms. The number of benzene rings is 1. The molecule has 1 saturated carbocycles. The van der Waals surface area contributed by atoms with Crippen molar-refractivity contribution >= 4 is 21.7 Å². The average Bonchev–Trinajstić information content (AvgIpc) is 3.24. The van der Waals surface area contributed by atoms with Crippen LogP contribution in [0.4, 0.5) is 0 Å². The van der Waals surface area contributed by atoms with Gasteiger partial charge in [-0.1, -0.05) is 13.0 Å². The van der Waals surface area contributed by atoms with Crippen molar-refractivity contribution in [2.45, 2.75) is 31.8 Å². The first kappa shape index (κ1) is 16.2. The van der Waals surface area contributed by atoms with E-state index >= 15 is 0 Å². The lowest BCUT2D eigenvalue weighted by Gasteiger charge is -2.41. The highest BCUT2D eigenvalue weighted by molar-refractivity contribution is 9.12. The molecule has 0 radical (unpaired) electrons. The summed E-state index contributed by atoms with van der Waals surface area (Å²) in [7, 11) is 1.54. The van der Waals surface area contributed by atoms with Gasteiger partial charge in [-0.25, -0.2) is 0 Å². The molecular formula is C20H19BrO5. The van der Waals surface area contributed by atoms with E-state index in [0.29, 0.717) is 16.2 Å². The molecule has 136 valence electrons. The Hall–Kier alpha value is -1.95. The number of carbonyl (C=O) groups excluding carboxylic acids is 1. The molecule has 0 unspecified atom stereocenters. The van der Waals surface area contributed by atoms with E-state index < -0.39 is 0 Å². The van der Waals surface area contributed by atoms with Gasteiger partial charge < -0.3 is 18.9 Å². The van der Waals surface area contributed by atoms with Crippen LogP contribution in [0.5, 0.6) is 11.5 Å². The number of hydrogen-bond donors (Lipinski definition) is 0. The van der Waals surface area contributed by atoms with Crippen LogP contribution in [0.3, 0.4) is 0 Å². The smallest absolute Gasteiger partial charge is 0.237 e. The minimum Gasteiger partial charge on any atom is -0.493 e. The van der Waals surface area contributed by atoms with Crippen LogP contribution >= 0.6 is 15.9 Å². The molecule has 0 N–H and O–H groups in total. The number of halogens is 1. The predicted octanol–water partition coefficient (Wildman–Crippen LogP) is 4.03. The fourth-order valence-corrected chi connectivity index (χ4v) is 5.56. The third-order valence-corrected chi connectivity index (χ3v) is 6.98. The summed E-state index contributed by atoms with van der Waals surface area (Å²) in [6.45, 7) is 2.51. The molecule has 6 heteroatoms. The molecule has 4 atom stereocenters. The van der Waals surface area contributed by atoms with E-state index in [2.05, 4.69) is 35.0 Å². The second-order valence-corrected chi connectivity index (χ2v) is 8.21. The summed E-state index contributed by atoms with van der Waals surface area (Å²) in [5.41, 5.74) is 0.901. The Morgan fingerprint density at radius 1 is 1.27 bits per heavy atom. The van der Waals surface area contributed by atoms with Crippen LogP contribution < -0.4 is 9.47 Å². The Kier molecular flexibility index (Phi) is 3.45. The van der Waals surface area contributed by atoms with E-state index in [0.717, 1.165) is 30.1 Å². The van der Waals surface area contributed by atoms with Crippen LogP contribution in [-0.4, -0.2) is 25.8 Å². The Balaban J connectivity index is 1.59. The molecule has 26 heavy (non-hydrogen) atoms. The molecule has 2 aliphatic heterocycles. The fraction of sp³-hybridized carbons (Fsp3) is 0.450. The van der Waals surface area contributed by atoms with Crippen molar-refractivity contribution in [3.05, 3.63) is 45.8 Å². The number of methoxy groups -OCH3 is 1. The minimum absolute atomic E-state index is 0.0874. The lowest BCUT2D eigenvalue weighted by atomic mass is 9.59. The van der Waals surface area contributed by atoms with Gasteiger partial charge in [0.1, 0.15) is 16.3 Å². The number of Topliss-reactive ketones (excluding diaryl/α,β-unsaturated/α-hetero) is 1. The molecule has 1 spiro atoms. The lowest BCUT2D eigenvalue weighted by Crippen LogP contribution is -2.38. The molecule has 1 saturated heterocycles. The van der Waals surface area contributed by atoms with Crippen molar-refractivity contribution in [1.29, 1.82) is 0 Å². The quantitative estimate of drug-likeness (QED) is 0.725. The lowest BCUT2D eigenvalue weighted by molar-refractivity contribution is -0.115. The van der Waals surface area contributed by atoms with Crippen LogP contribution in [0.2, 0.25) is 0 Å². The Morgan fingerprint density at radius 3 is 2.88 bits per heavy atom. The average molecular weight is 419 g/mol. The number of ether oxygens (including phenoxy) is 4. The molecule has 4 aliphatic rings. The largest absolute Gasteiger partial charge is 0.493 e. The SMILES string of the molecule is COC1=C[C@]23C[C@H](C[C@H](c4ccc5c(c4)OCO5)[C@H]2C)OC3=C(Br)C1=O. The Morgan fingerprint density at radius 2 is 2.08 bits per heavy atom. The van der Waals surface area contributed by atoms with Gasteiger partial charge in [0.15, 0.2) is 17.3 Å². The maximum atomic E-state index is 12.5. The van der Waals surface area contributed by atoms with Crippen molar-refractivity contribution in [3.8, 4) is 11.5 Å². The van der Waals surface area contributed by atoms with Crippen LogP contribution in [0.1, 0.15) is 31.2 Å². The summed E-state index contributed by atoms with van der Waals surface area (Å²) in [5.74, 6) is 3.16. The van der Waals surface area contributed by atoms with Crippen molar-refractivity contribution in [1.82, 2.24) is 0 Å². The van der Waals surface area contributed by atoms with E-state index in [-0.39, 0.29) is 30.0 Å². The first-order chi connectivity index (χ1) is 12.5. The molecule has 2 heterocycles. The van der Waals surface area contributed by atoms with Gasteiger partial charge in [0, 0.05) is 6.42 Å². The number of carbonyl (C=O) groups is 1. The molecular weight excluding hydrogens is 400 g/mol. The molecule has 2 fully saturated rings. The summed E-state index contributed by atoms with van der Waals surface area (Å²) in [6.07, 6.45) is 3.86. The van der Waals surface area contributed by atoms with E-state index in [4.69, 9.17) is 18.9 Å². The predicted molar refractivity (Wildman–Crippen MR) is 97.1 cm³/mol. The first-order valence-corrected chi connectivity index (χ1v) is 9.61.